The number of hydrogen-bond acceptors (Lipinski definition) is 4. The lowest BCUT2D eigenvalue weighted by Gasteiger charge is -2.35. The van der Waals surface area contributed by atoms with Gasteiger partial charge in [-0.2, -0.15) is 0 Å². The second kappa shape index (κ2) is 11.2. The predicted octanol–water partition coefficient (Wildman–Crippen LogP) is 9.22. The molecule has 2 aliphatic rings. The molecule has 7 heteroatoms. The van der Waals surface area contributed by atoms with Crippen molar-refractivity contribution >= 4 is 69.7 Å². The van der Waals surface area contributed by atoms with Gasteiger partial charge in [0.2, 0.25) is 0 Å². The van der Waals surface area contributed by atoms with Crippen molar-refractivity contribution in [2.75, 3.05) is 0 Å². The minimum Gasteiger partial charge on any atom is -0.312 e. The molecule has 0 saturated heterocycles. The van der Waals surface area contributed by atoms with Crippen molar-refractivity contribution in [3.8, 4) is 0 Å². The Kier molecular flexibility index (Phi) is 7.73. The second-order valence-electron chi connectivity index (χ2n) is 8.53. The number of allylic oxidation sites excluding steroid dienone is 3. The number of nitrogens with zero attached hydrogens (tertiary/aromatic N) is 2. The fraction of sp³-hybridized carbons (Fsp3) is 0.0667. The SMILES string of the molecule is CC1=CSC2=NC(/C=C/c3ccc(Cl)cc3)=C(C(=O)/C=C/c3ccc(Cl)cc3)C(c3ccc(Cl)cc3)N12. The topological polar surface area (TPSA) is 32.7 Å². The molecule has 184 valence electrons. The lowest BCUT2D eigenvalue weighted by Crippen LogP contribution is -2.35. The Hall–Kier alpha value is -3.02. The van der Waals surface area contributed by atoms with Crippen molar-refractivity contribution < 1.29 is 4.79 Å². The maximum atomic E-state index is 13.9. The molecule has 0 aromatic heterocycles. The molecule has 0 fully saturated rings. The van der Waals surface area contributed by atoms with Crippen LogP contribution in [0.3, 0.4) is 0 Å². The van der Waals surface area contributed by atoms with Crippen LogP contribution >= 0.6 is 46.6 Å². The van der Waals surface area contributed by atoms with Gasteiger partial charge in [-0.3, -0.25) is 4.79 Å². The highest BCUT2D eigenvalue weighted by atomic mass is 35.5. The maximum Gasteiger partial charge on any atom is 0.186 e. The van der Waals surface area contributed by atoms with Gasteiger partial charge in [-0.05, 0) is 77.6 Å². The van der Waals surface area contributed by atoms with Gasteiger partial charge in [-0.25, -0.2) is 4.99 Å². The number of carbonyl (C=O) groups excluding carboxylic acids is 1. The number of thioether (sulfide) groups is 1. The van der Waals surface area contributed by atoms with Crippen LogP contribution in [-0.4, -0.2) is 15.9 Å². The van der Waals surface area contributed by atoms with Crippen LogP contribution < -0.4 is 0 Å². The summed E-state index contributed by atoms with van der Waals surface area (Å²) in [5, 5.41) is 4.83. The first kappa shape index (κ1) is 25.6. The van der Waals surface area contributed by atoms with Crippen LogP contribution in [0, 0.1) is 0 Å². The third kappa shape index (κ3) is 5.78. The van der Waals surface area contributed by atoms with Crippen molar-refractivity contribution in [3.05, 3.63) is 139 Å². The number of carbonyl (C=O) groups is 1. The van der Waals surface area contributed by atoms with Crippen LogP contribution in [-0.2, 0) is 4.79 Å². The Morgan fingerprint density at radius 2 is 1.35 bits per heavy atom. The number of fused-ring (bicyclic) bond motifs is 1. The van der Waals surface area contributed by atoms with E-state index in [0.717, 1.165) is 27.6 Å². The summed E-state index contributed by atoms with van der Waals surface area (Å²) in [6.45, 7) is 2.03. The molecule has 2 aliphatic heterocycles. The molecule has 0 bridgehead atoms. The second-order valence-corrected chi connectivity index (χ2v) is 10.7. The average molecular weight is 564 g/mol. The van der Waals surface area contributed by atoms with E-state index in [1.165, 1.54) is 0 Å². The highest BCUT2D eigenvalue weighted by Crippen LogP contribution is 2.44. The molecule has 37 heavy (non-hydrogen) atoms. The molecule has 3 aromatic carbocycles. The number of halogens is 3. The fourth-order valence-electron chi connectivity index (χ4n) is 4.16. The van der Waals surface area contributed by atoms with E-state index in [0.29, 0.717) is 26.3 Å². The summed E-state index contributed by atoms with van der Waals surface area (Å²) in [6, 6.07) is 22.1. The zero-order valence-corrected chi connectivity index (χ0v) is 22.8. The Bertz CT molecular complexity index is 1490. The van der Waals surface area contributed by atoms with Gasteiger partial charge in [0.1, 0.15) is 0 Å². The van der Waals surface area contributed by atoms with E-state index in [2.05, 4.69) is 10.3 Å². The molecule has 0 spiro atoms. The smallest absolute Gasteiger partial charge is 0.186 e. The first-order chi connectivity index (χ1) is 17.9. The summed E-state index contributed by atoms with van der Waals surface area (Å²) >= 11 is 19.8. The lowest BCUT2D eigenvalue weighted by molar-refractivity contribution is -0.111. The van der Waals surface area contributed by atoms with E-state index in [-0.39, 0.29) is 11.8 Å². The van der Waals surface area contributed by atoms with Crippen LogP contribution in [0.5, 0.6) is 0 Å². The Morgan fingerprint density at radius 3 is 1.95 bits per heavy atom. The molecule has 0 amide bonds. The van der Waals surface area contributed by atoms with Crippen LogP contribution in [0.15, 0.2) is 112 Å². The van der Waals surface area contributed by atoms with E-state index in [1.54, 1.807) is 36.0 Å². The van der Waals surface area contributed by atoms with Gasteiger partial charge < -0.3 is 4.90 Å². The van der Waals surface area contributed by atoms with Crippen molar-refractivity contribution in [1.82, 2.24) is 4.90 Å². The lowest BCUT2D eigenvalue weighted by atomic mass is 9.90. The minimum atomic E-state index is -0.358. The molecule has 1 unspecified atom stereocenters. The quantitative estimate of drug-likeness (QED) is 0.280. The molecule has 2 heterocycles. The molecule has 0 saturated carbocycles. The molecule has 0 radical (unpaired) electrons. The molecular weight excluding hydrogens is 543 g/mol. The number of aliphatic imine (C=N–C) groups is 1. The molecule has 3 nitrogen and oxygen atoms in total. The number of benzene rings is 3. The molecular formula is C30H21Cl3N2OS. The monoisotopic (exact) mass is 562 g/mol. The number of ketones is 1. The highest BCUT2D eigenvalue weighted by molar-refractivity contribution is 8.16. The van der Waals surface area contributed by atoms with Gasteiger partial charge in [-0.15, -0.1) is 0 Å². The summed E-state index contributed by atoms with van der Waals surface area (Å²) in [5.41, 5.74) is 5.01. The van der Waals surface area contributed by atoms with E-state index < -0.39 is 0 Å². The Labute approximate surface area is 235 Å². The molecule has 1 atom stereocenters. The van der Waals surface area contributed by atoms with E-state index >= 15 is 0 Å². The van der Waals surface area contributed by atoms with Gasteiger partial charge >= 0.3 is 0 Å². The molecule has 0 N–H and O–H groups in total. The van der Waals surface area contributed by atoms with Crippen LogP contribution in [0.1, 0.15) is 29.7 Å². The van der Waals surface area contributed by atoms with Crippen molar-refractivity contribution in [2.24, 2.45) is 4.99 Å². The zero-order chi connectivity index (χ0) is 25.9. The number of hydrogen-bond donors (Lipinski definition) is 0. The van der Waals surface area contributed by atoms with Gasteiger partial charge in [0.25, 0.3) is 0 Å². The van der Waals surface area contributed by atoms with Crippen LogP contribution in [0.2, 0.25) is 15.1 Å². The summed E-state index contributed by atoms with van der Waals surface area (Å²) in [7, 11) is 0. The Morgan fingerprint density at radius 1 is 0.811 bits per heavy atom. The molecule has 0 aliphatic carbocycles. The Balaban J connectivity index is 1.63. The van der Waals surface area contributed by atoms with Crippen LogP contribution in [0.4, 0.5) is 0 Å². The summed E-state index contributed by atoms with van der Waals surface area (Å²) in [4.78, 5) is 20.9. The van der Waals surface area contributed by atoms with Gasteiger partial charge in [0, 0.05) is 20.8 Å². The maximum absolute atomic E-state index is 13.9. The predicted molar refractivity (Wildman–Crippen MR) is 158 cm³/mol. The standard InChI is InChI=1S/C30H21Cl3N2OS/c1-19-18-37-30-34-26(16-6-20-2-10-23(31)11-3-20)28(27(36)17-7-21-4-12-24(32)13-5-21)29(35(19)30)22-8-14-25(33)15-9-22/h2-18,29H,1H3/b16-6+,17-7+. The van der Waals surface area contributed by atoms with Crippen molar-refractivity contribution in [3.63, 3.8) is 0 Å². The van der Waals surface area contributed by atoms with E-state index in [1.807, 2.05) is 79.7 Å². The average Bonchev–Trinajstić information content (AvgIpc) is 3.27. The van der Waals surface area contributed by atoms with Crippen LogP contribution in [0.25, 0.3) is 12.2 Å². The van der Waals surface area contributed by atoms with Gasteiger partial charge in [0.15, 0.2) is 11.0 Å². The highest BCUT2D eigenvalue weighted by Gasteiger charge is 2.38. The number of amidine groups is 1. The van der Waals surface area contributed by atoms with E-state index in [4.69, 9.17) is 39.8 Å². The third-order valence-electron chi connectivity index (χ3n) is 6.00. The van der Waals surface area contributed by atoms with Gasteiger partial charge in [0.05, 0.1) is 17.3 Å². The van der Waals surface area contributed by atoms with E-state index in [9.17, 15) is 4.79 Å². The first-order valence-corrected chi connectivity index (χ1v) is 13.5. The van der Waals surface area contributed by atoms with Crippen molar-refractivity contribution in [1.29, 1.82) is 0 Å². The largest absolute Gasteiger partial charge is 0.312 e. The number of rotatable bonds is 6. The molecule has 5 rings (SSSR count). The first-order valence-electron chi connectivity index (χ1n) is 11.5. The summed E-state index contributed by atoms with van der Waals surface area (Å²) < 4.78 is 0. The third-order valence-corrected chi connectivity index (χ3v) is 7.71. The summed E-state index contributed by atoms with van der Waals surface area (Å²) in [6.07, 6.45) is 7.24. The van der Waals surface area contributed by atoms with Gasteiger partial charge in [-0.1, -0.05) is 95.1 Å². The fourth-order valence-corrected chi connectivity index (χ4v) is 5.44. The minimum absolute atomic E-state index is 0.127. The molecule has 3 aromatic rings. The van der Waals surface area contributed by atoms with Crippen molar-refractivity contribution in [2.45, 2.75) is 13.0 Å². The summed E-state index contributed by atoms with van der Waals surface area (Å²) in [5.74, 6) is -0.127. The normalized spacial score (nSPS) is 17.4. The zero-order valence-electron chi connectivity index (χ0n) is 19.7.